The van der Waals surface area contributed by atoms with Gasteiger partial charge in [-0.05, 0) is 25.3 Å². The summed E-state index contributed by atoms with van der Waals surface area (Å²) < 4.78 is 1.83. The summed E-state index contributed by atoms with van der Waals surface area (Å²) in [5.74, 6) is 0.589. The molecule has 0 aliphatic rings. The molecule has 0 atom stereocenters. The Morgan fingerprint density at radius 2 is 2.07 bits per heavy atom. The Kier molecular flexibility index (Phi) is 2.68. The van der Waals surface area contributed by atoms with Gasteiger partial charge in [0.05, 0.1) is 5.69 Å². The van der Waals surface area contributed by atoms with Gasteiger partial charge in [-0.1, -0.05) is 12.1 Å². The monoisotopic (exact) mass is 219 g/mol. The lowest BCUT2D eigenvalue weighted by molar-refractivity contribution is 0.867. The van der Waals surface area contributed by atoms with Crippen molar-refractivity contribution in [3.05, 3.63) is 36.0 Å². The van der Waals surface area contributed by atoms with Crippen LogP contribution in [0.3, 0.4) is 0 Å². The Morgan fingerprint density at radius 3 is 2.67 bits per heavy atom. The van der Waals surface area contributed by atoms with E-state index in [0.29, 0.717) is 5.82 Å². The molecule has 0 aliphatic heterocycles. The Morgan fingerprint density at radius 1 is 1.33 bits per heavy atom. The smallest absolute Gasteiger partial charge is 0.148 e. The summed E-state index contributed by atoms with van der Waals surface area (Å²) in [5.41, 5.74) is 7.81. The van der Waals surface area contributed by atoms with Crippen LogP contribution in [0.4, 0.5) is 5.82 Å². The number of nitrogen functional groups attached to an aromatic ring is 1. The molecule has 2 aromatic rings. The highest BCUT2D eigenvalue weighted by molar-refractivity contribution is 7.98. The maximum Gasteiger partial charge on any atom is 0.148 e. The number of aryl methyl sites for hydroxylation is 1. The molecule has 0 radical (unpaired) electrons. The number of hydrogen-bond donors (Lipinski definition) is 1. The molecule has 1 heterocycles. The molecule has 1 aromatic carbocycles. The van der Waals surface area contributed by atoms with E-state index >= 15 is 0 Å². The largest absolute Gasteiger partial charge is 0.382 e. The van der Waals surface area contributed by atoms with Crippen molar-refractivity contribution < 1.29 is 0 Å². The van der Waals surface area contributed by atoms with Crippen molar-refractivity contribution in [1.29, 1.82) is 0 Å². The van der Waals surface area contributed by atoms with Crippen LogP contribution in [0, 0.1) is 6.92 Å². The molecule has 1 aromatic heterocycles. The average molecular weight is 219 g/mol. The van der Waals surface area contributed by atoms with E-state index in [1.54, 1.807) is 11.8 Å². The predicted octanol–water partition coefficient (Wildman–Crippen LogP) is 2.48. The van der Waals surface area contributed by atoms with Gasteiger partial charge in [-0.15, -0.1) is 11.8 Å². The van der Waals surface area contributed by atoms with Gasteiger partial charge >= 0.3 is 0 Å². The molecule has 15 heavy (non-hydrogen) atoms. The lowest BCUT2D eigenvalue weighted by Crippen LogP contribution is -1.97. The van der Waals surface area contributed by atoms with E-state index in [9.17, 15) is 0 Å². The topological polar surface area (TPSA) is 43.8 Å². The first kappa shape index (κ1) is 10.1. The summed E-state index contributed by atoms with van der Waals surface area (Å²) >= 11 is 1.70. The fourth-order valence-corrected chi connectivity index (χ4v) is 2.00. The van der Waals surface area contributed by atoms with Crippen molar-refractivity contribution in [2.75, 3.05) is 12.0 Å². The molecule has 0 saturated carbocycles. The first-order valence-electron chi connectivity index (χ1n) is 4.67. The number of thioether (sulfide) groups is 1. The van der Waals surface area contributed by atoms with E-state index in [-0.39, 0.29) is 0 Å². The van der Waals surface area contributed by atoms with Crippen LogP contribution < -0.4 is 5.73 Å². The Hall–Kier alpha value is -1.42. The second-order valence-corrected chi connectivity index (χ2v) is 4.16. The Bertz CT molecular complexity index is 457. The molecule has 0 unspecified atom stereocenters. The molecule has 2 rings (SSSR count). The van der Waals surface area contributed by atoms with Crippen LogP contribution in [0.1, 0.15) is 5.56 Å². The fourth-order valence-electron chi connectivity index (χ4n) is 1.42. The maximum atomic E-state index is 5.73. The van der Waals surface area contributed by atoms with Crippen LogP contribution in [0.2, 0.25) is 0 Å². The Labute approximate surface area is 93.3 Å². The quantitative estimate of drug-likeness (QED) is 0.789. The van der Waals surface area contributed by atoms with Crippen LogP contribution in [0.5, 0.6) is 0 Å². The van der Waals surface area contributed by atoms with Crippen LogP contribution >= 0.6 is 11.8 Å². The number of rotatable bonds is 2. The zero-order chi connectivity index (χ0) is 10.8. The third-order valence-corrected chi connectivity index (χ3v) is 3.05. The van der Waals surface area contributed by atoms with Crippen LogP contribution in [0.25, 0.3) is 5.69 Å². The van der Waals surface area contributed by atoms with E-state index < -0.39 is 0 Å². The van der Waals surface area contributed by atoms with Crippen molar-refractivity contribution >= 4 is 17.6 Å². The highest BCUT2D eigenvalue weighted by atomic mass is 32.2. The van der Waals surface area contributed by atoms with E-state index in [2.05, 4.69) is 17.4 Å². The first-order chi connectivity index (χ1) is 7.22. The number of anilines is 1. The van der Waals surface area contributed by atoms with E-state index in [4.69, 9.17) is 5.73 Å². The van der Waals surface area contributed by atoms with Gasteiger partial charge in [0.25, 0.3) is 0 Å². The van der Waals surface area contributed by atoms with Gasteiger partial charge in [0.15, 0.2) is 0 Å². The van der Waals surface area contributed by atoms with E-state index in [1.807, 2.05) is 36.0 Å². The highest BCUT2D eigenvalue weighted by Crippen LogP contribution is 2.24. The van der Waals surface area contributed by atoms with Gasteiger partial charge in [-0.25, -0.2) is 4.68 Å². The molecular formula is C11H13N3S. The van der Waals surface area contributed by atoms with Gasteiger partial charge in [0.1, 0.15) is 5.82 Å². The van der Waals surface area contributed by atoms with E-state index in [0.717, 1.165) is 11.3 Å². The number of nitrogens with two attached hydrogens (primary N) is 1. The molecule has 3 nitrogen and oxygen atoms in total. The van der Waals surface area contributed by atoms with Crippen molar-refractivity contribution in [1.82, 2.24) is 9.78 Å². The van der Waals surface area contributed by atoms with Crippen molar-refractivity contribution in [2.45, 2.75) is 11.8 Å². The zero-order valence-corrected chi connectivity index (χ0v) is 9.58. The molecule has 0 aliphatic carbocycles. The summed E-state index contributed by atoms with van der Waals surface area (Å²) in [6.07, 6.45) is 4.00. The molecule has 0 spiro atoms. The molecule has 0 bridgehead atoms. The second kappa shape index (κ2) is 3.98. The lowest BCUT2D eigenvalue weighted by atomic mass is 10.3. The summed E-state index contributed by atoms with van der Waals surface area (Å²) in [4.78, 5) is 1.19. The number of hydrogen-bond acceptors (Lipinski definition) is 3. The minimum absolute atomic E-state index is 0.589. The molecule has 0 saturated heterocycles. The van der Waals surface area contributed by atoms with E-state index in [1.165, 1.54) is 4.90 Å². The number of nitrogens with zero attached hydrogens (tertiary/aromatic N) is 2. The van der Waals surface area contributed by atoms with Gasteiger partial charge in [-0.3, -0.25) is 0 Å². The average Bonchev–Trinajstić information content (AvgIpc) is 2.59. The minimum Gasteiger partial charge on any atom is -0.382 e. The molecular weight excluding hydrogens is 206 g/mol. The normalized spacial score (nSPS) is 10.5. The van der Waals surface area contributed by atoms with Gasteiger partial charge < -0.3 is 5.73 Å². The molecule has 0 fully saturated rings. The summed E-state index contributed by atoms with van der Waals surface area (Å²) in [6.45, 7) is 1.96. The number of benzene rings is 1. The zero-order valence-electron chi connectivity index (χ0n) is 8.77. The van der Waals surface area contributed by atoms with Crippen molar-refractivity contribution in [3.8, 4) is 5.69 Å². The standard InChI is InChI=1S/C11H13N3S/c1-8-7-14(13-11(8)12)9-5-3-4-6-10(9)15-2/h3-7H,1-2H3,(H2,12,13). The second-order valence-electron chi connectivity index (χ2n) is 3.31. The third kappa shape index (κ3) is 1.85. The minimum atomic E-state index is 0.589. The summed E-state index contributed by atoms with van der Waals surface area (Å²) in [5, 5.41) is 4.27. The molecule has 2 N–H and O–H groups in total. The first-order valence-corrected chi connectivity index (χ1v) is 5.90. The third-order valence-electron chi connectivity index (χ3n) is 2.27. The van der Waals surface area contributed by atoms with Crippen LogP contribution in [0.15, 0.2) is 35.4 Å². The fraction of sp³-hybridized carbons (Fsp3) is 0.182. The predicted molar refractivity (Wildman–Crippen MR) is 64.5 cm³/mol. The SMILES string of the molecule is CSc1ccccc1-n1cc(C)c(N)n1. The lowest BCUT2D eigenvalue weighted by Gasteiger charge is -2.05. The summed E-state index contributed by atoms with van der Waals surface area (Å²) in [7, 11) is 0. The summed E-state index contributed by atoms with van der Waals surface area (Å²) in [6, 6.07) is 8.14. The highest BCUT2D eigenvalue weighted by Gasteiger charge is 2.06. The maximum absolute atomic E-state index is 5.73. The van der Waals surface area contributed by atoms with Gasteiger partial charge in [0.2, 0.25) is 0 Å². The number of para-hydroxylation sites is 1. The molecule has 0 amide bonds. The van der Waals surface area contributed by atoms with Crippen molar-refractivity contribution in [3.63, 3.8) is 0 Å². The van der Waals surface area contributed by atoms with Crippen LogP contribution in [-0.2, 0) is 0 Å². The molecule has 4 heteroatoms. The van der Waals surface area contributed by atoms with Gasteiger partial charge in [0, 0.05) is 16.7 Å². The number of aromatic nitrogens is 2. The molecule has 78 valence electrons. The van der Waals surface area contributed by atoms with Crippen LogP contribution in [-0.4, -0.2) is 16.0 Å². The van der Waals surface area contributed by atoms with Gasteiger partial charge in [-0.2, -0.15) is 5.10 Å². The Balaban J connectivity index is 2.53. The van der Waals surface area contributed by atoms with Crippen molar-refractivity contribution in [2.24, 2.45) is 0 Å².